The third-order valence-electron chi connectivity index (χ3n) is 4.34. The Morgan fingerprint density at radius 3 is 2.64 bits per heavy atom. The first-order chi connectivity index (χ1) is 12.1. The number of quaternary nitrogens is 1. The van der Waals surface area contributed by atoms with E-state index in [0.29, 0.717) is 23.7 Å². The Labute approximate surface area is 143 Å². The summed E-state index contributed by atoms with van der Waals surface area (Å²) in [4.78, 5) is 25.9. The van der Waals surface area contributed by atoms with E-state index in [0.717, 1.165) is 10.5 Å². The van der Waals surface area contributed by atoms with Crippen molar-refractivity contribution in [2.24, 2.45) is 0 Å². The Bertz CT molecular complexity index is 837. The Morgan fingerprint density at radius 1 is 1.08 bits per heavy atom. The highest BCUT2D eigenvalue weighted by Crippen LogP contribution is 2.32. The molecule has 4 rings (SSSR count). The third-order valence-corrected chi connectivity index (χ3v) is 4.34. The SMILES string of the molecule is O=C1C[C@H]([NH2+]Cc2ccc3c(c2)OCO3)C(=O)N1c1ccc(F)cc1. The predicted molar refractivity (Wildman–Crippen MR) is 85.5 cm³/mol. The van der Waals surface area contributed by atoms with Crippen molar-refractivity contribution in [3.8, 4) is 11.5 Å². The molecule has 2 aromatic rings. The molecule has 2 aliphatic heterocycles. The van der Waals surface area contributed by atoms with Gasteiger partial charge in [-0.05, 0) is 42.5 Å². The Kier molecular flexibility index (Phi) is 3.85. The molecule has 1 atom stereocenters. The van der Waals surface area contributed by atoms with Crippen molar-refractivity contribution in [2.45, 2.75) is 19.0 Å². The van der Waals surface area contributed by atoms with Crippen molar-refractivity contribution >= 4 is 17.5 Å². The van der Waals surface area contributed by atoms with E-state index in [4.69, 9.17) is 9.47 Å². The molecule has 2 N–H and O–H groups in total. The zero-order valence-corrected chi connectivity index (χ0v) is 13.3. The van der Waals surface area contributed by atoms with Gasteiger partial charge in [-0.15, -0.1) is 0 Å². The molecule has 0 spiro atoms. The quantitative estimate of drug-likeness (QED) is 0.839. The van der Waals surface area contributed by atoms with E-state index in [2.05, 4.69) is 0 Å². The molecule has 7 heteroatoms. The minimum atomic E-state index is -0.483. The molecular weight excluding hydrogens is 327 g/mol. The van der Waals surface area contributed by atoms with E-state index in [1.807, 2.05) is 23.5 Å². The van der Waals surface area contributed by atoms with Crippen LogP contribution in [0.3, 0.4) is 0 Å². The highest BCUT2D eigenvalue weighted by Gasteiger charge is 2.42. The maximum absolute atomic E-state index is 13.0. The number of fused-ring (bicyclic) bond motifs is 1. The van der Waals surface area contributed by atoms with Gasteiger partial charge in [-0.2, -0.15) is 0 Å². The minimum Gasteiger partial charge on any atom is -0.454 e. The molecular formula is C18H16FN2O4+. The van der Waals surface area contributed by atoms with Gasteiger partial charge in [-0.3, -0.25) is 9.59 Å². The lowest BCUT2D eigenvalue weighted by Crippen LogP contribution is -2.90. The first-order valence-corrected chi connectivity index (χ1v) is 7.96. The lowest BCUT2D eigenvalue weighted by Gasteiger charge is -2.14. The summed E-state index contributed by atoms with van der Waals surface area (Å²) >= 11 is 0. The number of anilines is 1. The monoisotopic (exact) mass is 343 g/mol. The Hall–Kier alpha value is -2.93. The fourth-order valence-corrected chi connectivity index (χ4v) is 3.05. The highest BCUT2D eigenvalue weighted by atomic mass is 19.1. The van der Waals surface area contributed by atoms with Crippen molar-refractivity contribution in [3.05, 3.63) is 53.8 Å². The number of ether oxygens (including phenoxy) is 2. The van der Waals surface area contributed by atoms with Gasteiger partial charge in [0, 0.05) is 5.56 Å². The number of halogens is 1. The fourth-order valence-electron chi connectivity index (χ4n) is 3.05. The smallest absolute Gasteiger partial charge is 0.292 e. The van der Waals surface area contributed by atoms with E-state index in [1.54, 1.807) is 0 Å². The standard InChI is InChI=1S/C18H15FN2O4/c19-12-2-4-13(5-3-12)21-17(22)8-14(18(21)23)20-9-11-1-6-15-16(7-11)25-10-24-15/h1-7,14,20H,8-10H2/p+1/t14-/m0/s1. The van der Waals surface area contributed by atoms with Crippen molar-refractivity contribution in [2.75, 3.05) is 11.7 Å². The summed E-state index contributed by atoms with van der Waals surface area (Å²) in [5.41, 5.74) is 1.38. The third kappa shape index (κ3) is 2.94. The minimum absolute atomic E-state index is 0.126. The maximum Gasteiger partial charge on any atom is 0.292 e. The number of hydrogen-bond donors (Lipinski definition) is 1. The van der Waals surface area contributed by atoms with Crippen molar-refractivity contribution in [1.29, 1.82) is 0 Å². The molecule has 2 heterocycles. The molecule has 6 nitrogen and oxygen atoms in total. The summed E-state index contributed by atoms with van der Waals surface area (Å²) in [6.07, 6.45) is 0.126. The number of nitrogens with zero attached hydrogens (tertiary/aromatic N) is 1. The van der Waals surface area contributed by atoms with Crippen LogP contribution in [0.5, 0.6) is 11.5 Å². The van der Waals surface area contributed by atoms with Gasteiger partial charge < -0.3 is 14.8 Å². The molecule has 0 aromatic heterocycles. The molecule has 2 aromatic carbocycles. The molecule has 2 aliphatic rings. The van der Waals surface area contributed by atoms with Gasteiger partial charge in [0.25, 0.3) is 5.91 Å². The summed E-state index contributed by atoms with van der Waals surface area (Å²) in [6, 6.07) is 10.5. The second kappa shape index (κ2) is 6.18. The number of imide groups is 1. The van der Waals surface area contributed by atoms with Gasteiger partial charge in [0.05, 0.1) is 12.1 Å². The number of nitrogens with two attached hydrogens (primary N) is 1. The van der Waals surface area contributed by atoms with Gasteiger partial charge in [-0.1, -0.05) is 0 Å². The molecule has 0 radical (unpaired) electrons. The van der Waals surface area contributed by atoms with Crippen LogP contribution in [0.2, 0.25) is 0 Å². The van der Waals surface area contributed by atoms with E-state index in [1.165, 1.54) is 24.3 Å². The van der Waals surface area contributed by atoms with Gasteiger partial charge in [0.2, 0.25) is 12.7 Å². The Morgan fingerprint density at radius 2 is 1.84 bits per heavy atom. The Balaban J connectivity index is 1.44. The van der Waals surface area contributed by atoms with Gasteiger partial charge in [0.1, 0.15) is 12.4 Å². The summed E-state index contributed by atoms with van der Waals surface area (Å²) in [6.45, 7) is 0.752. The summed E-state index contributed by atoms with van der Waals surface area (Å²) < 4.78 is 23.6. The number of rotatable bonds is 4. The second-order valence-electron chi connectivity index (χ2n) is 5.98. The number of carbonyl (C=O) groups is 2. The van der Waals surface area contributed by atoms with Gasteiger partial charge in [-0.25, -0.2) is 9.29 Å². The molecule has 0 saturated carbocycles. The van der Waals surface area contributed by atoms with Crippen molar-refractivity contribution < 1.29 is 28.8 Å². The van der Waals surface area contributed by atoms with Crippen molar-refractivity contribution in [3.63, 3.8) is 0 Å². The van der Waals surface area contributed by atoms with Gasteiger partial charge in [0.15, 0.2) is 17.5 Å². The topological polar surface area (TPSA) is 72.5 Å². The lowest BCUT2D eigenvalue weighted by atomic mass is 10.1. The molecule has 0 aliphatic carbocycles. The number of carbonyl (C=O) groups excluding carboxylic acids is 2. The number of amides is 2. The maximum atomic E-state index is 13.0. The average Bonchev–Trinajstić information content (AvgIpc) is 3.18. The fraction of sp³-hybridized carbons (Fsp3) is 0.222. The largest absolute Gasteiger partial charge is 0.454 e. The number of hydrogen-bond acceptors (Lipinski definition) is 4. The van der Waals surface area contributed by atoms with Crippen LogP contribution in [0.4, 0.5) is 10.1 Å². The van der Waals surface area contributed by atoms with Crippen LogP contribution < -0.4 is 19.7 Å². The zero-order chi connectivity index (χ0) is 17.4. The van der Waals surface area contributed by atoms with Crippen LogP contribution in [-0.4, -0.2) is 24.6 Å². The van der Waals surface area contributed by atoms with Crippen molar-refractivity contribution in [1.82, 2.24) is 0 Å². The van der Waals surface area contributed by atoms with Crippen LogP contribution in [0.1, 0.15) is 12.0 Å². The zero-order valence-electron chi connectivity index (χ0n) is 13.3. The summed E-state index contributed by atoms with van der Waals surface area (Å²) in [7, 11) is 0. The van der Waals surface area contributed by atoms with Crippen LogP contribution in [-0.2, 0) is 16.1 Å². The predicted octanol–water partition coefficient (Wildman–Crippen LogP) is 0.950. The van der Waals surface area contributed by atoms with E-state index in [-0.39, 0.29) is 25.0 Å². The molecule has 128 valence electrons. The molecule has 0 bridgehead atoms. The average molecular weight is 343 g/mol. The molecule has 1 fully saturated rings. The van der Waals surface area contributed by atoms with Crippen LogP contribution in [0.25, 0.3) is 0 Å². The van der Waals surface area contributed by atoms with E-state index >= 15 is 0 Å². The van der Waals surface area contributed by atoms with Gasteiger partial charge >= 0.3 is 0 Å². The van der Waals surface area contributed by atoms with E-state index in [9.17, 15) is 14.0 Å². The highest BCUT2D eigenvalue weighted by molar-refractivity contribution is 6.21. The first-order valence-electron chi connectivity index (χ1n) is 7.96. The van der Waals surface area contributed by atoms with Crippen LogP contribution >= 0.6 is 0 Å². The summed E-state index contributed by atoms with van der Waals surface area (Å²) in [5, 5.41) is 1.83. The molecule has 2 amide bonds. The normalized spacial score (nSPS) is 18.9. The lowest BCUT2D eigenvalue weighted by molar-refractivity contribution is -0.690. The number of benzene rings is 2. The molecule has 1 saturated heterocycles. The first kappa shape index (κ1) is 15.6. The molecule has 25 heavy (non-hydrogen) atoms. The second-order valence-corrected chi connectivity index (χ2v) is 5.98. The molecule has 0 unspecified atom stereocenters. The summed E-state index contributed by atoms with van der Waals surface area (Å²) in [5.74, 6) is 0.431. The van der Waals surface area contributed by atoms with E-state index < -0.39 is 11.9 Å². The van der Waals surface area contributed by atoms with Crippen LogP contribution in [0.15, 0.2) is 42.5 Å². The van der Waals surface area contributed by atoms with Crippen LogP contribution in [0, 0.1) is 5.82 Å².